The molecule has 0 spiro atoms. The van der Waals surface area contributed by atoms with E-state index in [-0.39, 0.29) is 36.3 Å². The zero-order valence-electron chi connectivity index (χ0n) is 17.4. The van der Waals surface area contributed by atoms with E-state index in [0.29, 0.717) is 10.7 Å². The number of sulfonamides is 1. The number of rotatable bonds is 6. The number of hydrogen-bond acceptors (Lipinski definition) is 6. The molecule has 1 aromatic heterocycles. The van der Waals surface area contributed by atoms with Crippen molar-refractivity contribution in [2.75, 3.05) is 25.0 Å². The van der Waals surface area contributed by atoms with Crippen molar-refractivity contribution in [2.45, 2.75) is 18.2 Å². The highest BCUT2D eigenvalue weighted by Gasteiger charge is 2.29. The van der Waals surface area contributed by atoms with Crippen LogP contribution < -0.4 is 10.6 Å². The number of anilines is 1. The van der Waals surface area contributed by atoms with Crippen molar-refractivity contribution in [1.29, 1.82) is 0 Å². The molecule has 1 aliphatic rings. The predicted molar refractivity (Wildman–Crippen MR) is 123 cm³/mol. The van der Waals surface area contributed by atoms with Crippen LogP contribution in [0.4, 0.5) is 5.13 Å². The lowest BCUT2D eigenvalue weighted by molar-refractivity contribution is -0.122. The first-order valence-corrected chi connectivity index (χ1v) is 12.4. The van der Waals surface area contributed by atoms with E-state index in [4.69, 9.17) is 0 Å². The first-order valence-electron chi connectivity index (χ1n) is 10.1. The Kier molecular flexibility index (Phi) is 6.35. The molecule has 3 aromatic rings. The monoisotopic (exact) mass is 470 g/mol. The van der Waals surface area contributed by atoms with Crippen LogP contribution in [0, 0.1) is 0 Å². The Morgan fingerprint density at radius 3 is 2.53 bits per heavy atom. The number of aromatic nitrogens is 1. The van der Waals surface area contributed by atoms with Gasteiger partial charge in [0.1, 0.15) is 0 Å². The van der Waals surface area contributed by atoms with E-state index >= 15 is 0 Å². The molecule has 0 aliphatic carbocycles. The molecular weight excluding hydrogens is 448 g/mol. The van der Waals surface area contributed by atoms with Crippen molar-refractivity contribution in [1.82, 2.24) is 14.6 Å². The molecule has 0 radical (unpaired) electrons. The number of carbonyl (C=O) groups is 2. The Labute approximate surface area is 190 Å². The van der Waals surface area contributed by atoms with Gasteiger partial charge in [-0.3, -0.25) is 14.9 Å². The molecule has 10 heteroatoms. The molecule has 2 N–H and O–H groups in total. The zero-order chi connectivity index (χ0) is 22.7. The number of hydrogen-bond donors (Lipinski definition) is 2. The van der Waals surface area contributed by atoms with Gasteiger partial charge in [-0.15, -0.1) is 11.3 Å². The number of carbonyl (C=O) groups excluding carboxylic acids is 2. The van der Waals surface area contributed by atoms with Gasteiger partial charge in [0.25, 0.3) is 5.91 Å². The fourth-order valence-electron chi connectivity index (χ4n) is 3.29. The Hall–Kier alpha value is -3.08. The van der Waals surface area contributed by atoms with Crippen LogP contribution in [0.25, 0.3) is 11.3 Å². The maximum absolute atomic E-state index is 12.7. The van der Waals surface area contributed by atoms with Gasteiger partial charge in [-0.05, 0) is 36.2 Å². The van der Waals surface area contributed by atoms with Crippen molar-refractivity contribution in [2.24, 2.45) is 0 Å². The Morgan fingerprint density at radius 2 is 1.88 bits per heavy atom. The molecule has 0 atom stereocenters. The van der Waals surface area contributed by atoms with E-state index in [1.54, 1.807) is 0 Å². The summed E-state index contributed by atoms with van der Waals surface area (Å²) in [5.74, 6) is -0.714. The highest BCUT2D eigenvalue weighted by atomic mass is 32.2. The number of nitrogens with one attached hydrogen (secondary N) is 2. The van der Waals surface area contributed by atoms with Crippen LogP contribution in [-0.4, -0.2) is 49.2 Å². The molecule has 2 aromatic carbocycles. The van der Waals surface area contributed by atoms with E-state index in [1.165, 1.54) is 41.2 Å². The van der Waals surface area contributed by atoms with Gasteiger partial charge in [-0.1, -0.05) is 31.2 Å². The van der Waals surface area contributed by atoms with E-state index in [9.17, 15) is 18.0 Å². The average Bonchev–Trinajstić information content (AvgIpc) is 3.27. The average molecular weight is 471 g/mol. The Bertz CT molecular complexity index is 1240. The lowest BCUT2D eigenvalue weighted by Gasteiger charge is -2.25. The van der Waals surface area contributed by atoms with Crippen LogP contribution in [0.5, 0.6) is 0 Å². The van der Waals surface area contributed by atoms with Gasteiger partial charge in [-0.25, -0.2) is 13.4 Å². The summed E-state index contributed by atoms with van der Waals surface area (Å²) in [6.07, 6.45) is 0.964. The van der Waals surface area contributed by atoms with Gasteiger partial charge in [0.2, 0.25) is 15.9 Å². The largest absolute Gasteiger partial charge is 0.354 e. The van der Waals surface area contributed by atoms with Gasteiger partial charge in [0, 0.05) is 29.6 Å². The first-order chi connectivity index (χ1) is 15.4. The van der Waals surface area contributed by atoms with Gasteiger partial charge in [-0.2, -0.15) is 4.31 Å². The van der Waals surface area contributed by atoms with Crippen LogP contribution in [0.2, 0.25) is 0 Å². The summed E-state index contributed by atoms with van der Waals surface area (Å²) in [6, 6.07) is 13.8. The van der Waals surface area contributed by atoms with Crippen molar-refractivity contribution in [3.63, 3.8) is 0 Å². The van der Waals surface area contributed by atoms with Gasteiger partial charge < -0.3 is 5.32 Å². The second kappa shape index (κ2) is 9.19. The molecule has 8 nitrogen and oxygen atoms in total. The molecule has 0 bridgehead atoms. The molecule has 1 saturated heterocycles. The minimum absolute atomic E-state index is 0.0378. The zero-order valence-corrected chi connectivity index (χ0v) is 19.0. The fraction of sp³-hybridized carbons (Fsp3) is 0.227. The molecule has 0 saturated carbocycles. The Morgan fingerprint density at radius 1 is 1.16 bits per heavy atom. The van der Waals surface area contributed by atoms with Crippen LogP contribution in [0.3, 0.4) is 0 Å². The topological polar surface area (TPSA) is 108 Å². The van der Waals surface area contributed by atoms with Crippen molar-refractivity contribution in [3.05, 3.63) is 65.0 Å². The third kappa shape index (κ3) is 4.72. The highest BCUT2D eigenvalue weighted by Crippen LogP contribution is 2.26. The predicted octanol–water partition coefficient (Wildman–Crippen LogP) is 2.75. The molecule has 1 aliphatic heterocycles. The Balaban J connectivity index is 1.44. The minimum Gasteiger partial charge on any atom is -0.354 e. The number of benzene rings is 2. The number of thiazole rings is 1. The van der Waals surface area contributed by atoms with Crippen LogP contribution in [0.15, 0.2) is 58.8 Å². The molecule has 4 rings (SSSR count). The fourth-order valence-corrected chi connectivity index (χ4v) is 5.40. The highest BCUT2D eigenvalue weighted by molar-refractivity contribution is 7.89. The number of piperazine rings is 1. The third-order valence-corrected chi connectivity index (χ3v) is 7.76. The van der Waals surface area contributed by atoms with Gasteiger partial charge >= 0.3 is 0 Å². The van der Waals surface area contributed by atoms with Crippen LogP contribution >= 0.6 is 11.3 Å². The molecule has 32 heavy (non-hydrogen) atoms. The van der Waals surface area contributed by atoms with Crippen molar-refractivity contribution >= 4 is 38.3 Å². The van der Waals surface area contributed by atoms with Gasteiger partial charge in [0.15, 0.2) is 5.13 Å². The van der Waals surface area contributed by atoms with E-state index in [2.05, 4.69) is 34.7 Å². The lowest BCUT2D eigenvalue weighted by atomic mass is 10.1. The SMILES string of the molecule is CCc1ccc(-c2csc(NC(=O)c3ccc(S(=O)(=O)N4CCNC(=O)C4)cc3)n2)cc1. The minimum atomic E-state index is -3.80. The lowest BCUT2D eigenvalue weighted by Crippen LogP contribution is -2.49. The summed E-state index contributed by atoms with van der Waals surface area (Å²) in [4.78, 5) is 28.6. The van der Waals surface area contributed by atoms with Crippen LogP contribution in [0.1, 0.15) is 22.8 Å². The molecule has 166 valence electrons. The third-order valence-electron chi connectivity index (χ3n) is 5.14. The van der Waals surface area contributed by atoms with Gasteiger partial charge in [0.05, 0.1) is 17.1 Å². The smallest absolute Gasteiger partial charge is 0.257 e. The van der Waals surface area contributed by atoms with Crippen molar-refractivity contribution < 1.29 is 18.0 Å². The quantitative estimate of drug-likeness (QED) is 0.576. The van der Waals surface area contributed by atoms with Crippen molar-refractivity contribution in [3.8, 4) is 11.3 Å². The second-order valence-corrected chi connectivity index (χ2v) is 10.1. The summed E-state index contributed by atoms with van der Waals surface area (Å²) in [5, 5.41) is 7.69. The second-order valence-electron chi connectivity index (χ2n) is 7.26. The number of amides is 2. The standard InChI is InChI=1S/C22H22N4O4S2/c1-2-15-3-5-16(6-4-15)19-14-31-22(24-19)25-21(28)17-7-9-18(10-8-17)32(29,30)26-12-11-23-20(27)13-26/h3-10,14H,2,11-13H2,1H3,(H,23,27)(H,24,25,28). The van der Waals surface area contributed by atoms with E-state index in [0.717, 1.165) is 22.0 Å². The maximum atomic E-state index is 12.7. The molecule has 1 fully saturated rings. The summed E-state index contributed by atoms with van der Waals surface area (Å²) in [6.45, 7) is 2.37. The molecular formula is C22H22N4O4S2. The summed E-state index contributed by atoms with van der Waals surface area (Å²) in [7, 11) is -3.80. The van der Waals surface area contributed by atoms with E-state index in [1.807, 2.05) is 17.5 Å². The molecule has 0 unspecified atom stereocenters. The number of aryl methyl sites for hydroxylation is 1. The molecule has 2 heterocycles. The summed E-state index contributed by atoms with van der Waals surface area (Å²) < 4.78 is 26.6. The normalized spacial score (nSPS) is 14.7. The summed E-state index contributed by atoms with van der Waals surface area (Å²) in [5.41, 5.74) is 3.30. The van der Waals surface area contributed by atoms with E-state index < -0.39 is 10.0 Å². The maximum Gasteiger partial charge on any atom is 0.257 e. The van der Waals surface area contributed by atoms with Crippen LogP contribution in [-0.2, 0) is 21.2 Å². The summed E-state index contributed by atoms with van der Waals surface area (Å²) >= 11 is 1.32. The first kappa shape index (κ1) is 22.1. The molecule has 2 amide bonds. The number of nitrogens with zero attached hydrogens (tertiary/aromatic N) is 2.